The Labute approximate surface area is 162 Å². The van der Waals surface area contributed by atoms with E-state index in [2.05, 4.69) is 11.4 Å². The predicted molar refractivity (Wildman–Crippen MR) is 106 cm³/mol. The van der Waals surface area contributed by atoms with Crippen LogP contribution in [0.3, 0.4) is 0 Å². The van der Waals surface area contributed by atoms with Crippen molar-refractivity contribution in [1.29, 1.82) is 0 Å². The van der Waals surface area contributed by atoms with Gasteiger partial charge in [0.1, 0.15) is 17.7 Å². The molecule has 5 nitrogen and oxygen atoms in total. The highest BCUT2D eigenvalue weighted by Crippen LogP contribution is 2.26. The van der Waals surface area contributed by atoms with Crippen molar-refractivity contribution < 1.29 is 17.9 Å². The first-order chi connectivity index (χ1) is 13.1. The number of nitrogens with one attached hydrogen (secondary N) is 1. The van der Waals surface area contributed by atoms with Crippen LogP contribution in [0.15, 0.2) is 48.5 Å². The number of anilines is 1. The molecule has 0 radical (unpaired) electrons. The van der Waals surface area contributed by atoms with Gasteiger partial charge in [0.05, 0.1) is 5.69 Å². The molecule has 2 aromatic carbocycles. The van der Waals surface area contributed by atoms with Gasteiger partial charge < -0.3 is 10.1 Å². The van der Waals surface area contributed by atoms with Gasteiger partial charge in [-0.15, -0.1) is 0 Å². The SMILES string of the molecule is O=S(O)N(CCCCNCC1CCc2ccccc2O1)c1ccc(F)cc1. The fourth-order valence-corrected chi connectivity index (χ4v) is 3.78. The summed E-state index contributed by atoms with van der Waals surface area (Å²) in [5.74, 6) is 0.620. The lowest BCUT2D eigenvalue weighted by molar-refractivity contribution is 0.170. The van der Waals surface area contributed by atoms with Crippen LogP contribution in [0.4, 0.5) is 10.1 Å². The molecule has 7 heteroatoms. The van der Waals surface area contributed by atoms with Gasteiger partial charge in [-0.1, -0.05) is 18.2 Å². The van der Waals surface area contributed by atoms with E-state index in [9.17, 15) is 13.2 Å². The monoisotopic (exact) mass is 392 g/mol. The molecule has 0 bridgehead atoms. The fourth-order valence-electron chi connectivity index (χ4n) is 3.20. The van der Waals surface area contributed by atoms with Crippen molar-refractivity contribution in [2.45, 2.75) is 31.8 Å². The Balaban J connectivity index is 1.35. The van der Waals surface area contributed by atoms with Gasteiger partial charge >= 0.3 is 0 Å². The molecule has 1 heterocycles. The van der Waals surface area contributed by atoms with E-state index in [1.54, 1.807) is 0 Å². The van der Waals surface area contributed by atoms with Crippen LogP contribution in [0.1, 0.15) is 24.8 Å². The van der Waals surface area contributed by atoms with Crippen LogP contribution < -0.4 is 14.4 Å². The number of nitrogens with zero attached hydrogens (tertiary/aromatic N) is 1. The number of para-hydroxylation sites is 1. The summed E-state index contributed by atoms with van der Waals surface area (Å²) in [5, 5.41) is 3.40. The van der Waals surface area contributed by atoms with E-state index in [4.69, 9.17) is 4.74 Å². The highest BCUT2D eigenvalue weighted by atomic mass is 32.2. The maximum atomic E-state index is 13.0. The van der Waals surface area contributed by atoms with Gasteiger partial charge in [0.2, 0.25) is 0 Å². The fraction of sp³-hybridized carbons (Fsp3) is 0.400. The third-order valence-electron chi connectivity index (χ3n) is 4.64. The third kappa shape index (κ3) is 5.76. The van der Waals surface area contributed by atoms with Crippen molar-refractivity contribution in [1.82, 2.24) is 5.32 Å². The Morgan fingerprint density at radius 2 is 1.96 bits per heavy atom. The summed E-state index contributed by atoms with van der Waals surface area (Å²) in [6, 6.07) is 13.8. The number of fused-ring (bicyclic) bond motifs is 1. The van der Waals surface area contributed by atoms with E-state index in [1.165, 1.54) is 34.1 Å². The lowest BCUT2D eigenvalue weighted by Gasteiger charge is -2.26. The molecular weight excluding hydrogens is 367 g/mol. The predicted octanol–water partition coefficient (Wildman–Crippen LogP) is 3.53. The summed E-state index contributed by atoms with van der Waals surface area (Å²) in [4.78, 5) is 0. The second-order valence-electron chi connectivity index (χ2n) is 6.61. The van der Waals surface area contributed by atoms with E-state index >= 15 is 0 Å². The Morgan fingerprint density at radius 1 is 1.19 bits per heavy atom. The number of hydrogen-bond acceptors (Lipinski definition) is 3. The van der Waals surface area contributed by atoms with Crippen molar-refractivity contribution in [3.8, 4) is 5.75 Å². The zero-order valence-corrected chi connectivity index (χ0v) is 16.0. The van der Waals surface area contributed by atoms with Crippen LogP contribution in [0.25, 0.3) is 0 Å². The molecule has 2 aromatic rings. The quantitative estimate of drug-likeness (QED) is 0.506. The number of benzene rings is 2. The smallest absolute Gasteiger partial charge is 0.261 e. The largest absolute Gasteiger partial charge is 0.489 e. The van der Waals surface area contributed by atoms with E-state index in [0.29, 0.717) is 12.2 Å². The molecule has 0 saturated carbocycles. The minimum Gasteiger partial charge on any atom is -0.489 e. The van der Waals surface area contributed by atoms with E-state index < -0.39 is 11.3 Å². The van der Waals surface area contributed by atoms with E-state index in [1.807, 2.05) is 18.2 Å². The number of hydrogen-bond donors (Lipinski definition) is 2. The van der Waals surface area contributed by atoms with Gasteiger partial charge in [-0.25, -0.2) is 8.60 Å². The molecule has 1 aliphatic heterocycles. The highest BCUT2D eigenvalue weighted by Gasteiger charge is 2.18. The average Bonchev–Trinajstić information content (AvgIpc) is 2.68. The van der Waals surface area contributed by atoms with Gasteiger partial charge in [-0.05, 0) is 68.1 Å². The topological polar surface area (TPSA) is 61.8 Å². The Hall–Kier alpha value is -1.96. The highest BCUT2D eigenvalue weighted by molar-refractivity contribution is 7.80. The molecule has 2 N–H and O–H groups in total. The van der Waals surface area contributed by atoms with Gasteiger partial charge in [0.25, 0.3) is 11.3 Å². The standard InChI is InChI=1S/C20H25FN2O3S/c21-17-8-10-18(11-9-17)23(27(24)25)14-4-3-13-22-15-19-12-7-16-5-1-2-6-20(16)26-19/h1-2,5-6,8-11,19,22H,3-4,7,12-15H2,(H,24,25). The zero-order chi connectivity index (χ0) is 19.1. The summed E-state index contributed by atoms with van der Waals surface area (Å²) in [5.41, 5.74) is 1.81. The maximum Gasteiger partial charge on any atom is 0.261 e. The molecular formula is C20H25FN2O3S. The molecule has 0 aliphatic carbocycles. The minimum absolute atomic E-state index is 0.181. The molecule has 0 amide bonds. The lowest BCUT2D eigenvalue weighted by Crippen LogP contribution is -2.35. The first-order valence-electron chi connectivity index (χ1n) is 9.23. The Bertz CT molecular complexity index is 757. The van der Waals surface area contributed by atoms with Crippen molar-refractivity contribution in [3.05, 3.63) is 59.9 Å². The number of ether oxygens (including phenoxy) is 1. The van der Waals surface area contributed by atoms with Crippen LogP contribution >= 0.6 is 0 Å². The molecule has 2 atom stereocenters. The molecule has 3 rings (SSSR count). The Morgan fingerprint density at radius 3 is 2.74 bits per heavy atom. The number of halogens is 1. The van der Waals surface area contributed by atoms with Gasteiger partial charge in [-0.3, -0.25) is 8.86 Å². The second-order valence-corrected chi connectivity index (χ2v) is 7.51. The summed E-state index contributed by atoms with van der Waals surface area (Å²) in [6.07, 6.45) is 3.85. The number of aryl methyl sites for hydroxylation is 1. The van der Waals surface area contributed by atoms with Crippen LogP contribution in [-0.2, 0) is 17.7 Å². The molecule has 1 aliphatic rings. The summed E-state index contributed by atoms with van der Waals surface area (Å²) >= 11 is -2.12. The zero-order valence-electron chi connectivity index (χ0n) is 15.1. The first-order valence-corrected chi connectivity index (χ1v) is 10.3. The van der Waals surface area contributed by atoms with Crippen LogP contribution in [-0.4, -0.2) is 34.5 Å². The Kier molecular flexibility index (Phi) is 7.20. The van der Waals surface area contributed by atoms with Crippen molar-refractivity contribution in [2.24, 2.45) is 0 Å². The lowest BCUT2D eigenvalue weighted by atomic mass is 10.0. The van der Waals surface area contributed by atoms with E-state index in [-0.39, 0.29) is 11.9 Å². The molecule has 27 heavy (non-hydrogen) atoms. The molecule has 0 spiro atoms. The molecule has 0 saturated heterocycles. The molecule has 0 fully saturated rings. The second kappa shape index (κ2) is 9.82. The normalized spacial score (nSPS) is 17.0. The molecule has 0 aromatic heterocycles. The first kappa shape index (κ1) is 19.8. The molecule has 2 unspecified atom stereocenters. The van der Waals surface area contributed by atoms with Crippen molar-refractivity contribution >= 4 is 17.0 Å². The minimum atomic E-state index is -2.12. The number of unbranched alkanes of at least 4 members (excludes halogenated alkanes) is 1. The summed E-state index contributed by atoms with van der Waals surface area (Å²) in [7, 11) is 0. The van der Waals surface area contributed by atoms with Crippen LogP contribution in [0.5, 0.6) is 5.75 Å². The van der Waals surface area contributed by atoms with Gasteiger partial charge in [0, 0.05) is 13.1 Å². The average molecular weight is 392 g/mol. The summed E-state index contributed by atoms with van der Waals surface area (Å²) in [6.45, 7) is 2.04. The van der Waals surface area contributed by atoms with E-state index in [0.717, 1.165) is 44.5 Å². The van der Waals surface area contributed by atoms with Gasteiger partial charge in [0.15, 0.2) is 0 Å². The van der Waals surface area contributed by atoms with Crippen molar-refractivity contribution in [3.63, 3.8) is 0 Å². The van der Waals surface area contributed by atoms with Crippen LogP contribution in [0, 0.1) is 5.82 Å². The molecule has 146 valence electrons. The van der Waals surface area contributed by atoms with Crippen LogP contribution in [0.2, 0.25) is 0 Å². The third-order valence-corrected chi connectivity index (χ3v) is 5.41. The van der Waals surface area contributed by atoms with Gasteiger partial charge in [-0.2, -0.15) is 0 Å². The number of rotatable bonds is 9. The van der Waals surface area contributed by atoms with Crippen molar-refractivity contribution in [2.75, 3.05) is 23.9 Å². The summed E-state index contributed by atoms with van der Waals surface area (Å²) < 4.78 is 41.3. The maximum absolute atomic E-state index is 13.0.